The quantitative estimate of drug-likeness (QED) is 0.727. The molecular formula is C14H29ClN2O. The Morgan fingerprint density at radius 2 is 1.94 bits per heavy atom. The van der Waals surface area contributed by atoms with E-state index in [9.17, 15) is 4.79 Å². The van der Waals surface area contributed by atoms with Crippen LogP contribution >= 0.6 is 12.4 Å². The Labute approximate surface area is 118 Å². The van der Waals surface area contributed by atoms with Gasteiger partial charge in [0.15, 0.2) is 0 Å². The molecule has 1 aliphatic heterocycles. The Balaban J connectivity index is 0.00000289. The molecule has 1 saturated heterocycles. The second kappa shape index (κ2) is 9.62. The van der Waals surface area contributed by atoms with E-state index in [1.54, 1.807) is 0 Å². The molecule has 0 aliphatic carbocycles. The van der Waals surface area contributed by atoms with Crippen LogP contribution in [0.5, 0.6) is 0 Å². The summed E-state index contributed by atoms with van der Waals surface area (Å²) < 4.78 is 0. The normalized spacial score (nSPS) is 22.9. The number of likely N-dealkylation sites (tertiary alicyclic amines) is 1. The van der Waals surface area contributed by atoms with E-state index in [0.29, 0.717) is 17.9 Å². The zero-order valence-electron chi connectivity index (χ0n) is 11.9. The van der Waals surface area contributed by atoms with E-state index in [4.69, 9.17) is 5.73 Å². The summed E-state index contributed by atoms with van der Waals surface area (Å²) >= 11 is 0. The first-order chi connectivity index (χ1) is 8.19. The van der Waals surface area contributed by atoms with E-state index in [0.717, 1.165) is 51.6 Å². The van der Waals surface area contributed by atoms with Gasteiger partial charge in [0.1, 0.15) is 0 Å². The third-order valence-electron chi connectivity index (χ3n) is 3.76. The standard InChI is InChI=1S/C14H28N2O.ClH/c1-3-13-10-12(2)11-16(13)14(17)8-6-4-5-7-9-15;/h12-13H,3-11,15H2,1-2H3;1H. The SMILES string of the molecule is CCC1CC(C)CN1C(=O)CCCCCCN.Cl. The highest BCUT2D eigenvalue weighted by Crippen LogP contribution is 2.25. The molecule has 1 fully saturated rings. The zero-order valence-corrected chi connectivity index (χ0v) is 12.7. The second-order valence-electron chi connectivity index (χ2n) is 5.40. The molecule has 2 unspecified atom stereocenters. The predicted molar refractivity (Wildman–Crippen MR) is 79.0 cm³/mol. The number of halogens is 1. The number of hydrogen-bond donors (Lipinski definition) is 1. The molecule has 1 rings (SSSR count). The van der Waals surface area contributed by atoms with Crippen LogP contribution in [-0.4, -0.2) is 29.9 Å². The van der Waals surface area contributed by atoms with Gasteiger partial charge in [0.2, 0.25) is 5.91 Å². The number of unbranched alkanes of at least 4 members (excludes halogenated alkanes) is 3. The van der Waals surface area contributed by atoms with Gasteiger partial charge in [-0.2, -0.15) is 0 Å². The molecule has 2 N–H and O–H groups in total. The summed E-state index contributed by atoms with van der Waals surface area (Å²) in [7, 11) is 0. The van der Waals surface area contributed by atoms with E-state index in [1.807, 2.05) is 0 Å². The number of carbonyl (C=O) groups is 1. The molecule has 0 bridgehead atoms. The smallest absolute Gasteiger partial charge is 0.222 e. The molecule has 0 radical (unpaired) electrons. The fraction of sp³-hybridized carbons (Fsp3) is 0.929. The third kappa shape index (κ3) is 5.57. The molecule has 108 valence electrons. The van der Waals surface area contributed by atoms with Crippen LogP contribution in [0.2, 0.25) is 0 Å². The van der Waals surface area contributed by atoms with Crippen molar-refractivity contribution in [2.24, 2.45) is 11.7 Å². The second-order valence-corrected chi connectivity index (χ2v) is 5.40. The topological polar surface area (TPSA) is 46.3 Å². The molecular weight excluding hydrogens is 248 g/mol. The van der Waals surface area contributed by atoms with Crippen LogP contribution in [-0.2, 0) is 4.79 Å². The lowest BCUT2D eigenvalue weighted by Gasteiger charge is -2.23. The maximum absolute atomic E-state index is 12.1. The van der Waals surface area contributed by atoms with Crippen molar-refractivity contribution < 1.29 is 4.79 Å². The first-order valence-corrected chi connectivity index (χ1v) is 7.18. The number of nitrogens with two attached hydrogens (primary N) is 1. The van der Waals surface area contributed by atoms with E-state index in [-0.39, 0.29) is 12.4 Å². The Morgan fingerprint density at radius 3 is 2.56 bits per heavy atom. The molecule has 18 heavy (non-hydrogen) atoms. The predicted octanol–water partition coefficient (Wildman–Crippen LogP) is 2.96. The van der Waals surface area contributed by atoms with Gasteiger partial charge < -0.3 is 10.6 Å². The largest absolute Gasteiger partial charge is 0.339 e. The number of rotatable bonds is 7. The maximum Gasteiger partial charge on any atom is 0.222 e. The molecule has 0 saturated carbocycles. The van der Waals surface area contributed by atoms with Crippen molar-refractivity contribution in [1.29, 1.82) is 0 Å². The molecule has 2 atom stereocenters. The summed E-state index contributed by atoms with van der Waals surface area (Å²) in [5.41, 5.74) is 5.45. The van der Waals surface area contributed by atoms with Crippen LogP contribution in [0.1, 0.15) is 58.8 Å². The van der Waals surface area contributed by atoms with Gasteiger partial charge in [-0.05, 0) is 38.1 Å². The molecule has 1 heterocycles. The summed E-state index contributed by atoms with van der Waals surface area (Å²) in [6.45, 7) is 6.18. The fourth-order valence-corrected chi connectivity index (χ4v) is 2.76. The maximum atomic E-state index is 12.1. The molecule has 0 spiro atoms. The van der Waals surface area contributed by atoms with E-state index >= 15 is 0 Å². The Kier molecular flexibility index (Phi) is 9.47. The summed E-state index contributed by atoms with van der Waals surface area (Å²) in [5, 5.41) is 0. The van der Waals surface area contributed by atoms with Gasteiger partial charge in [-0.1, -0.05) is 26.7 Å². The van der Waals surface area contributed by atoms with Gasteiger partial charge in [0.05, 0.1) is 0 Å². The van der Waals surface area contributed by atoms with E-state index in [2.05, 4.69) is 18.7 Å². The van der Waals surface area contributed by atoms with Gasteiger partial charge in [0.25, 0.3) is 0 Å². The number of carbonyl (C=O) groups excluding carboxylic acids is 1. The average Bonchev–Trinajstić information content (AvgIpc) is 2.70. The monoisotopic (exact) mass is 276 g/mol. The number of nitrogens with zero attached hydrogens (tertiary/aromatic N) is 1. The van der Waals surface area contributed by atoms with Crippen molar-refractivity contribution >= 4 is 18.3 Å². The van der Waals surface area contributed by atoms with Crippen molar-refractivity contribution in [3.63, 3.8) is 0 Å². The number of amides is 1. The molecule has 1 amide bonds. The third-order valence-corrected chi connectivity index (χ3v) is 3.76. The highest BCUT2D eigenvalue weighted by Gasteiger charge is 2.30. The van der Waals surface area contributed by atoms with Crippen LogP contribution in [0.15, 0.2) is 0 Å². The molecule has 1 aliphatic rings. The minimum atomic E-state index is 0. The Morgan fingerprint density at radius 1 is 1.28 bits per heavy atom. The van der Waals surface area contributed by atoms with E-state index in [1.165, 1.54) is 6.42 Å². The fourth-order valence-electron chi connectivity index (χ4n) is 2.76. The number of hydrogen-bond acceptors (Lipinski definition) is 2. The van der Waals surface area contributed by atoms with Crippen molar-refractivity contribution in [3.05, 3.63) is 0 Å². The van der Waals surface area contributed by atoms with Crippen LogP contribution in [0, 0.1) is 5.92 Å². The molecule has 0 aromatic carbocycles. The van der Waals surface area contributed by atoms with Gasteiger partial charge in [0, 0.05) is 19.0 Å². The molecule has 0 aromatic heterocycles. The van der Waals surface area contributed by atoms with Crippen molar-refractivity contribution in [1.82, 2.24) is 4.90 Å². The molecule has 4 heteroatoms. The minimum Gasteiger partial charge on any atom is -0.339 e. The first-order valence-electron chi connectivity index (χ1n) is 7.18. The highest BCUT2D eigenvalue weighted by atomic mass is 35.5. The Hall–Kier alpha value is -0.280. The van der Waals surface area contributed by atoms with Crippen molar-refractivity contribution in [2.45, 2.75) is 64.8 Å². The first kappa shape index (κ1) is 17.7. The lowest BCUT2D eigenvalue weighted by molar-refractivity contribution is -0.132. The highest BCUT2D eigenvalue weighted by molar-refractivity contribution is 5.85. The van der Waals surface area contributed by atoms with Gasteiger partial charge in [-0.25, -0.2) is 0 Å². The lowest BCUT2D eigenvalue weighted by Crippen LogP contribution is -2.35. The minimum absolute atomic E-state index is 0. The van der Waals surface area contributed by atoms with Crippen molar-refractivity contribution in [3.8, 4) is 0 Å². The van der Waals surface area contributed by atoms with Gasteiger partial charge in [-0.15, -0.1) is 12.4 Å². The lowest BCUT2D eigenvalue weighted by atomic mass is 10.1. The zero-order chi connectivity index (χ0) is 12.7. The summed E-state index contributed by atoms with van der Waals surface area (Å²) in [5.74, 6) is 1.05. The van der Waals surface area contributed by atoms with Crippen LogP contribution < -0.4 is 5.73 Å². The van der Waals surface area contributed by atoms with Crippen LogP contribution in [0.3, 0.4) is 0 Å². The summed E-state index contributed by atoms with van der Waals surface area (Å²) in [6.07, 6.45) is 7.44. The summed E-state index contributed by atoms with van der Waals surface area (Å²) in [6, 6.07) is 0.501. The van der Waals surface area contributed by atoms with Crippen molar-refractivity contribution in [2.75, 3.05) is 13.1 Å². The van der Waals surface area contributed by atoms with Gasteiger partial charge in [-0.3, -0.25) is 4.79 Å². The van der Waals surface area contributed by atoms with Crippen LogP contribution in [0.4, 0.5) is 0 Å². The van der Waals surface area contributed by atoms with Gasteiger partial charge >= 0.3 is 0 Å². The van der Waals surface area contributed by atoms with E-state index < -0.39 is 0 Å². The van der Waals surface area contributed by atoms with Crippen LogP contribution in [0.25, 0.3) is 0 Å². The molecule has 0 aromatic rings. The Bertz CT molecular complexity index is 236. The molecule has 3 nitrogen and oxygen atoms in total. The average molecular weight is 277 g/mol. The summed E-state index contributed by atoms with van der Waals surface area (Å²) in [4.78, 5) is 14.2.